The molecule has 4 aliphatic heterocycles. The molecule has 4 atom stereocenters. The number of aliphatic carboxylic acids is 1. The Morgan fingerprint density at radius 1 is 0.734 bits per heavy atom. The van der Waals surface area contributed by atoms with Gasteiger partial charge in [-0.05, 0) is 126 Å². The van der Waals surface area contributed by atoms with Crippen molar-refractivity contribution in [3.05, 3.63) is 123 Å². The average Bonchev–Trinajstić information content (AvgIpc) is 3.98. The molecule has 6 aromatic rings. The topological polar surface area (TPSA) is 296 Å². The van der Waals surface area contributed by atoms with Gasteiger partial charge in [0.2, 0.25) is 0 Å². The molecule has 0 fully saturated rings. The zero-order valence-electron chi connectivity index (χ0n) is 45.7. The van der Waals surface area contributed by atoms with Crippen molar-refractivity contribution in [3.63, 3.8) is 0 Å². The van der Waals surface area contributed by atoms with Crippen molar-refractivity contribution in [2.24, 2.45) is 5.73 Å². The number of aliphatic hydroxyl groups is 4. The summed E-state index contributed by atoms with van der Waals surface area (Å²) in [6, 6.07) is 5.31. The van der Waals surface area contributed by atoms with Crippen molar-refractivity contribution < 1.29 is 68.7 Å². The molecule has 4 aromatic heterocycles. The van der Waals surface area contributed by atoms with E-state index in [-0.39, 0.29) is 78.8 Å². The number of aryl methyl sites for hydroxylation is 2. The molecule has 0 spiro atoms. The van der Waals surface area contributed by atoms with Crippen LogP contribution in [0.1, 0.15) is 147 Å². The summed E-state index contributed by atoms with van der Waals surface area (Å²) < 4.78 is 58.5. The number of hydrogen-bond acceptors (Lipinski definition) is 15. The van der Waals surface area contributed by atoms with Crippen molar-refractivity contribution in [2.75, 3.05) is 7.15 Å². The van der Waals surface area contributed by atoms with Gasteiger partial charge in [0, 0.05) is 51.2 Å². The molecule has 2 aromatic carbocycles. The van der Waals surface area contributed by atoms with E-state index in [2.05, 4.69) is 5.32 Å². The summed E-state index contributed by atoms with van der Waals surface area (Å²) in [6.45, 7) is 12.0. The maximum Gasteiger partial charge on any atom is 0.343 e. The first-order valence-electron chi connectivity index (χ1n) is 26.4. The fourth-order valence-corrected chi connectivity index (χ4v) is 11.6. The van der Waals surface area contributed by atoms with E-state index < -0.39 is 70.8 Å². The van der Waals surface area contributed by atoms with Gasteiger partial charge in [0.15, 0.2) is 16.8 Å². The highest BCUT2D eigenvalue weighted by molar-refractivity contribution is 5.95. The number of carbonyl (C=O) groups is 4. The number of esters is 2. The third-order valence-electron chi connectivity index (χ3n) is 16.2. The largest absolute Gasteiger partial charge is 0.479 e. The van der Waals surface area contributed by atoms with Gasteiger partial charge in [-0.1, -0.05) is 13.8 Å². The van der Waals surface area contributed by atoms with Gasteiger partial charge in [0.05, 0.1) is 72.6 Å². The summed E-state index contributed by atoms with van der Waals surface area (Å²) in [5.74, 6) is -4.03. The monoisotopic (exact) mass is 1100 g/mol. The van der Waals surface area contributed by atoms with E-state index in [1.807, 2.05) is 0 Å². The molecule has 0 bridgehead atoms. The summed E-state index contributed by atoms with van der Waals surface area (Å²) >= 11 is 0. The lowest BCUT2D eigenvalue weighted by Gasteiger charge is -2.31. The van der Waals surface area contributed by atoms with Gasteiger partial charge in [0.25, 0.3) is 17.0 Å². The Hall–Kier alpha value is -7.37. The van der Waals surface area contributed by atoms with Crippen molar-refractivity contribution >= 4 is 45.6 Å². The molecule has 12 rings (SSSR count). The maximum absolute atomic E-state index is 15.0. The number of carboxylic acid groups (broad SMARTS) is 1. The van der Waals surface area contributed by atoms with E-state index >= 15 is 0 Å². The lowest BCUT2D eigenvalue weighted by atomic mass is 9.81. The van der Waals surface area contributed by atoms with Gasteiger partial charge in [-0.3, -0.25) is 18.8 Å². The summed E-state index contributed by atoms with van der Waals surface area (Å²) in [6.07, 6.45) is 2.44. The fourth-order valence-electron chi connectivity index (χ4n) is 11.6. The minimum absolute atomic E-state index is 0.0177. The fraction of sp³-hybridized carbons (Fsp3) is 0.439. The van der Waals surface area contributed by atoms with Gasteiger partial charge >= 0.3 is 17.9 Å². The molecular formula is C57H61F3N6O13. The van der Waals surface area contributed by atoms with E-state index in [0.29, 0.717) is 76.2 Å². The molecule has 0 unspecified atom stereocenters. The maximum atomic E-state index is 15.0. The number of nitrogens with one attached hydrogen (secondary N) is 1. The Morgan fingerprint density at radius 2 is 1.14 bits per heavy atom. The SMILES string of the molecule is CC(C)(O)C(=O)O.CC[C@@]1(O)C(=O)OCc2c1cc1n(c2=O)Cc2c-1nc1cc(F)c(C)c3c1c2[C@@H](N)CC3.CC[C@@]1(O)C(=O)OCc2c1cc1n(c2=O)Cc2c-1nc1cc(F)c(C)c3c1c2[C@@H](NC(=O)C(C)(C)O)CC3.[2H]CF. The minimum Gasteiger partial charge on any atom is -0.479 e. The zero-order chi connectivity index (χ0) is 58.6. The number of nitrogens with zero attached hydrogens (tertiary/aromatic N) is 4. The van der Waals surface area contributed by atoms with E-state index in [0.717, 1.165) is 38.6 Å². The molecule has 0 saturated heterocycles. The van der Waals surface area contributed by atoms with Gasteiger partial charge in [-0.15, -0.1) is 0 Å². The number of cyclic esters (lactones) is 2. The number of carbonyl (C=O) groups excluding carboxylic acids is 3. The van der Waals surface area contributed by atoms with Crippen molar-refractivity contribution in [1.29, 1.82) is 0 Å². The number of aromatic nitrogens is 4. The molecule has 6 aliphatic rings. The Bertz CT molecular complexity index is 3810. The summed E-state index contributed by atoms with van der Waals surface area (Å²) in [5.41, 5.74) is 8.56. The van der Waals surface area contributed by atoms with Crippen molar-refractivity contribution in [2.45, 2.75) is 155 Å². The van der Waals surface area contributed by atoms with Crippen LogP contribution in [-0.4, -0.2) is 86.8 Å². The van der Waals surface area contributed by atoms with Crippen LogP contribution < -0.4 is 22.2 Å². The minimum atomic E-state index is -1.96. The lowest BCUT2D eigenvalue weighted by molar-refractivity contribution is -0.172. The van der Waals surface area contributed by atoms with Gasteiger partial charge in [-0.25, -0.2) is 33.1 Å². The number of benzene rings is 2. The van der Waals surface area contributed by atoms with Crippen LogP contribution in [0.5, 0.6) is 0 Å². The molecule has 8 heterocycles. The van der Waals surface area contributed by atoms with Crippen LogP contribution in [0.4, 0.5) is 13.2 Å². The highest BCUT2D eigenvalue weighted by Crippen LogP contribution is 2.48. The zero-order valence-corrected chi connectivity index (χ0v) is 44.7. The second-order valence-electron chi connectivity index (χ2n) is 21.8. The van der Waals surface area contributed by atoms with Crippen LogP contribution in [0.3, 0.4) is 0 Å². The first-order valence-corrected chi connectivity index (χ1v) is 25.7. The Morgan fingerprint density at radius 3 is 1.54 bits per heavy atom. The number of fused-ring (bicyclic) bond motifs is 10. The average molecular weight is 1100 g/mol. The molecule has 0 saturated carbocycles. The third-order valence-corrected chi connectivity index (χ3v) is 16.2. The number of amides is 1. The highest BCUT2D eigenvalue weighted by atomic mass is 19.1. The van der Waals surface area contributed by atoms with Crippen LogP contribution in [0.25, 0.3) is 44.6 Å². The molecule has 19 nitrogen and oxygen atoms in total. The van der Waals surface area contributed by atoms with Crippen molar-refractivity contribution in [1.82, 2.24) is 24.4 Å². The highest BCUT2D eigenvalue weighted by Gasteiger charge is 2.48. The summed E-state index contributed by atoms with van der Waals surface area (Å²) in [7, 11) is -1.00. The van der Waals surface area contributed by atoms with Crippen molar-refractivity contribution in [3.8, 4) is 22.8 Å². The lowest BCUT2D eigenvalue weighted by Crippen LogP contribution is -2.44. The molecular weight excluding hydrogens is 1030 g/mol. The number of halogens is 3. The first-order chi connectivity index (χ1) is 37.5. The number of hydrogen-bond donors (Lipinski definition) is 7. The second kappa shape index (κ2) is 19.8. The number of alkyl halides is 1. The first kappa shape index (κ1) is 55.0. The summed E-state index contributed by atoms with van der Waals surface area (Å²) in [4.78, 5) is 84.0. The number of ether oxygens (including phenoxy) is 2. The molecule has 2 aliphatic carbocycles. The molecule has 79 heavy (non-hydrogen) atoms. The standard InChI is InChI=1S/C28H28FN3O6.C24H22FN3O4.C4H8O3.CH3F/c1-5-28(37)16-8-20-23-14(10-32(20)24(33)15(16)11-38-26(28)35)22-18(31-25(34)27(3,4)36)7-6-13-12(2)17(29)9-19(30-23)21(13)22;1-3-24(31)14-6-18-21-12(8-28(18)22(29)13(14)9-32-23(24)30)19-16(26)5-4-11-10(2)15(25)7-17(27-21)20(11)19;1-4(2,7)3(5)6;1-2/h8-9,18,36-37H,5-7,10-11H2,1-4H3,(H,31,34);6-7,16,31H,3-5,8-9,26H2,1-2H3;7H,1-2H3,(H,5,6);1H3/t18-,28-;16-,24-;;/m00../s1/i;;;1D. The number of carboxylic acids is 1. The molecule has 1 amide bonds. The van der Waals surface area contributed by atoms with Gasteiger partial charge < -0.3 is 55.2 Å². The Kier molecular flexibility index (Phi) is 13.8. The van der Waals surface area contributed by atoms with Crippen LogP contribution in [0.2, 0.25) is 0 Å². The molecule has 0 radical (unpaired) electrons. The second-order valence-corrected chi connectivity index (χ2v) is 21.8. The van der Waals surface area contributed by atoms with E-state index in [1.165, 1.54) is 44.4 Å². The van der Waals surface area contributed by atoms with Gasteiger partial charge in [-0.2, -0.15) is 0 Å². The van der Waals surface area contributed by atoms with Crippen LogP contribution in [0.15, 0.2) is 33.9 Å². The quantitative estimate of drug-likeness (QED) is 0.108. The van der Waals surface area contributed by atoms with Gasteiger partial charge in [0.1, 0.15) is 30.4 Å². The predicted octanol–water partition coefficient (Wildman–Crippen LogP) is 5.30. The van der Waals surface area contributed by atoms with E-state index in [4.69, 9.17) is 36.8 Å². The smallest absolute Gasteiger partial charge is 0.343 e. The van der Waals surface area contributed by atoms with E-state index in [9.17, 15) is 57.3 Å². The summed E-state index contributed by atoms with van der Waals surface area (Å²) in [5, 5.41) is 53.5. The number of nitrogens with two attached hydrogens (primary N) is 1. The van der Waals surface area contributed by atoms with Crippen LogP contribution in [-0.2, 0) is 79.0 Å². The van der Waals surface area contributed by atoms with E-state index in [1.54, 1.807) is 44.4 Å². The number of pyridine rings is 4. The van der Waals surface area contributed by atoms with Crippen LogP contribution >= 0.6 is 0 Å². The number of rotatable bonds is 5. The molecule has 8 N–H and O–H groups in total. The molecule has 22 heteroatoms. The Balaban J connectivity index is 0.000000167. The third kappa shape index (κ3) is 8.78. The Labute approximate surface area is 451 Å². The molecule has 418 valence electrons. The normalized spacial score (nSPS) is 20.9. The van der Waals surface area contributed by atoms with Crippen LogP contribution in [0, 0.1) is 25.5 Å². The predicted molar refractivity (Wildman–Crippen MR) is 280 cm³/mol.